The van der Waals surface area contributed by atoms with Gasteiger partial charge in [0.2, 0.25) is 5.89 Å². The highest BCUT2D eigenvalue weighted by Crippen LogP contribution is 2.41. The van der Waals surface area contributed by atoms with Gasteiger partial charge >= 0.3 is 5.76 Å². The van der Waals surface area contributed by atoms with E-state index in [4.69, 9.17) is 9.15 Å². The van der Waals surface area contributed by atoms with Gasteiger partial charge in [0, 0.05) is 11.6 Å². The van der Waals surface area contributed by atoms with Crippen molar-refractivity contribution in [1.82, 2.24) is 15.5 Å². The fourth-order valence-corrected chi connectivity index (χ4v) is 3.97. The number of anilines is 1. The molecule has 2 atom stereocenters. The number of fused-ring (bicyclic) bond motifs is 1. The number of rotatable bonds is 3. The molecule has 3 heterocycles. The molecule has 1 fully saturated rings. The number of nitrogens with one attached hydrogen (secondary N) is 2. The highest BCUT2D eigenvalue weighted by molar-refractivity contribution is 5.70. The topological polar surface area (TPSA) is 83.4 Å². The van der Waals surface area contributed by atoms with Crippen LogP contribution in [0, 0.1) is 11.7 Å². The Morgan fingerprint density at radius 2 is 2.12 bits per heavy atom. The van der Waals surface area contributed by atoms with E-state index >= 15 is 0 Å². The largest absolute Gasteiger partial charge is 0.484 e. The maximum Gasteiger partial charge on any atom is 0.434 e. The molecule has 0 spiro atoms. The second-order valence-electron chi connectivity index (χ2n) is 7.13. The van der Waals surface area contributed by atoms with Gasteiger partial charge in [-0.2, -0.15) is 0 Å². The predicted octanol–water partition coefficient (Wildman–Crippen LogP) is 2.14. The number of hydrogen-bond donors (Lipinski definition) is 2. The van der Waals surface area contributed by atoms with Crippen molar-refractivity contribution in [2.45, 2.75) is 38.8 Å². The first-order chi connectivity index (χ1) is 12.5. The molecule has 8 heteroatoms. The quantitative estimate of drug-likeness (QED) is 0.870. The standard InChI is InChI=1S/C18H23FN4O3/c1-10-9-23(11(2)12-3-5-20-6-4-12)15-8-13(7-14(19)16(15)25-10)17-21-22-18(24)26-17/h7-8,10-12,20H,3-6,9H2,1-2H3,(H,22,24)/t10-,11-/m0/s1. The van der Waals surface area contributed by atoms with Crippen LogP contribution in [0.15, 0.2) is 21.3 Å². The van der Waals surface area contributed by atoms with Gasteiger partial charge in [0.15, 0.2) is 11.6 Å². The molecule has 7 nitrogen and oxygen atoms in total. The van der Waals surface area contributed by atoms with Gasteiger partial charge in [0.25, 0.3) is 0 Å². The lowest BCUT2D eigenvalue weighted by molar-refractivity contribution is 0.189. The number of H-pyrrole nitrogens is 1. The Hall–Kier alpha value is -2.35. The summed E-state index contributed by atoms with van der Waals surface area (Å²) in [4.78, 5) is 13.5. The third-order valence-corrected chi connectivity index (χ3v) is 5.35. The van der Waals surface area contributed by atoms with Gasteiger partial charge < -0.3 is 19.4 Å². The third-order valence-electron chi connectivity index (χ3n) is 5.35. The Morgan fingerprint density at radius 3 is 2.81 bits per heavy atom. The van der Waals surface area contributed by atoms with Gasteiger partial charge in [-0.1, -0.05) is 0 Å². The average molecular weight is 362 g/mol. The summed E-state index contributed by atoms with van der Waals surface area (Å²) in [5.41, 5.74) is 1.11. The van der Waals surface area contributed by atoms with Gasteiger partial charge in [-0.05, 0) is 57.8 Å². The molecule has 26 heavy (non-hydrogen) atoms. The van der Waals surface area contributed by atoms with Crippen LogP contribution in [0.3, 0.4) is 0 Å². The molecular weight excluding hydrogens is 339 g/mol. The molecule has 0 saturated carbocycles. The van der Waals surface area contributed by atoms with Crippen LogP contribution in [0.1, 0.15) is 26.7 Å². The third kappa shape index (κ3) is 3.09. The number of benzene rings is 1. The summed E-state index contributed by atoms with van der Waals surface area (Å²) in [6.45, 7) is 6.84. The van der Waals surface area contributed by atoms with Crippen molar-refractivity contribution in [2.75, 3.05) is 24.5 Å². The number of piperidine rings is 1. The molecule has 0 aliphatic carbocycles. The minimum atomic E-state index is -0.664. The van der Waals surface area contributed by atoms with Crippen molar-refractivity contribution < 1.29 is 13.5 Å². The van der Waals surface area contributed by atoms with Crippen LogP contribution in [0.25, 0.3) is 11.5 Å². The van der Waals surface area contributed by atoms with E-state index in [1.807, 2.05) is 6.92 Å². The molecule has 1 aromatic heterocycles. The predicted molar refractivity (Wildman–Crippen MR) is 95.0 cm³/mol. The molecule has 2 aliphatic heterocycles. The van der Waals surface area contributed by atoms with Gasteiger partial charge in [-0.15, -0.1) is 5.10 Å². The highest BCUT2D eigenvalue weighted by Gasteiger charge is 2.33. The van der Waals surface area contributed by atoms with Crippen molar-refractivity contribution in [3.05, 3.63) is 28.5 Å². The van der Waals surface area contributed by atoms with Crippen molar-refractivity contribution in [3.8, 4) is 17.2 Å². The van der Waals surface area contributed by atoms with Gasteiger partial charge in [-0.3, -0.25) is 0 Å². The summed E-state index contributed by atoms with van der Waals surface area (Å²) < 4.78 is 25.5. The van der Waals surface area contributed by atoms with E-state index in [2.05, 4.69) is 27.3 Å². The Bertz CT molecular complexity index is 843. The lowest BCUT2D eigenvalue weighted by Gasteiger charge is -2.43. The minimum absolute atomic E-state index is 0.0739. The molecule has 0 radical (unpaired) electrons. The zero-order valence-corrected chi connectivity index (χ0v) is 14.9. The number of aromatic nitrogens is 2. The molecular formula is C18H23FN4O3. The van der Waals surface area contributed by atoms with E-state index in [0.717, 1.165) is 25.9 Å². The van der Waals surface area contributed by atoms with Gasteiger partial charge in [0.1, 0.15) is 6.10 Å². The molecule has 0 unspecified atom stereocenters. The number of aromatic amines is 1. The number of ether oxygens (including phenoxy) is 1. The van der Waals surface area contributed by atoms with Crippen LogP contribution in [0.5, 0.6) is 5.75 Å². The Kier molecular flexibility index (Phi) is 4.44. The van der Waals surface area contributed by atoms with E-state index in [0.29, 0.717) is 23.7 Å². The lowest BCUT2D eigenvalue weighted by atomic mass is 9.89. The number of nitrogens with zero attached hydrogens (tertiary/aromatic N) is 2. The SMILES string of the molecule is C[C@H]1CN([C@@H](C)C2CCNCC2)c2cc(-c3n[nH]c(=O)o3)cc(F)c2O1. The summed E-state index contributed by atoms with van der Waals surface area (Å²) in [6.07, 6.45) is 2.09. The molecule has 2 aromatic rings. The maximum atomic E-state index is 14.8. The zero-order chi connectivity index (χ0) is 18.3. The first-order valence-corrected chi connectivity index (χ1v) is 9.06. The molecule has 140 valence electrons. The minimum Gasteiger partial charge on any atom is -0.484 e. The van der Waals surface area contributed by atoms with Crippen LogP contribution in [0.2, 0.25) is 0 Å². The number of halogens is 1. The summed E-state index contributed by atoms with van der Waals surface area (Å²) in [5.74, 6) is -0.277. The van der Waals surface area contributed by atoms with Crippen LogP contribution >= 0.6 is 0 Å². The van der Waals surface area contributed by atoms with Crippen molar-refractivity contribution in [2.24, 2.45) is 5.92 Å². The highest BCUT2D eigenvalue weighted by atomic mass is 19.1. The summed E-state index contributed by atoms with van der Waals surface area (Å²) in [6, 6.07) is 3.34. The molecule has 4 rings (SSSR count). The maximum absolute atomic E-state index is 14.8. The summed E-state index contributed by atoms with van der Waals surface area (Å²) >= 11 is 0. The fourth-order valence-electron chi connectivity index (χ4n) is 3.97. The Labute approximate surface area is 150 Å². The first kappa shape index (κ1) is 17.1. The smallest absolute Gasteiger partial charge is 0.434 e. The van der Waals surface area contributed by atoms with Crippen LogP contribution < -0.4 is 20.7 Å². The Morgan fingerprint density at radius 1 is 1.35 bits per heavy atom. The molecule has 2 aliphatic rings. The van der Waals surface area contributed by atoms with Gasteiger partial charge in [-0.25, -0.2) is 14.3 Å². The van der Waals surface area contributed by atoms with E-state index in [-0.39, 0.29) is 23.8 Å². The van der Waals surface area contributed by atoms with Crippen LogP contribution in [-0.2, 0) is 0 Å². The lowest BCUT2D eigenvalue weighted by Crippen LogP contribution is -2.48. The fraction of sp³-hybridized carbons (Fsp3) is 0.556. The molecule has 1 saturated heterocycles. The van der Waals surface area contributed by atoms with E-state index in [9.17, 15) is 9.18 Å². The second-order valence-corrected chi connectivity index (χ2v) is 7.13. The normalized spacial score (nSPS) is 22.0. The Balaban J connectivity index is 1.74. The van der Waals surface area contributed by atoms with Crippen molar-refractivity contribution in [3.63, 3.8) is 0 Å². The summed E-state index contributed by atoms with van der Waals surface area (Å²) in [5, 5.41) is 9.41. The first-order valence-electron chi connectivity index (χ1n) is 9.06. The van der Waals surface area contributed by atoms with Crippen LogP contribution in [0.4, 0.5) is 10.1 Å². The molecule has 1 aromatic carbocycles. The molecule has 0 bridgehead atoms. The van der Waals surface area contributed by atoms with E-state index < -0.39 is 11.6 Å². The van der Waals surface area contributed by atoms with E-state index in [1.165, 1.54) is 6.07 Å². The van der Waals surface area contributed by atoms with Crippen LogP contribution in [-0.4, -0.2) is 42.0 Å². The van der Waals surface area contributed by atoms with Crippen molar-refractivity contribution in [1.29, 1.82) is 0 Å². The van der Waals surface area contributed by atoms with Crippen molar-refractivity contribution >= 4 is 5.69 Å². The monoisotopic (exact) mass is 362 g/mol. The number of hydrogen-bond acceptors (Lipinski definition) is 6. The molecule has 2 N–H and O–H groups in total. The van der Waals surface area contributed by atoms with Gasteiger partial charge in [0.05, 0.1) is 12.2 Å². The van der Waals surface area contributed by atoms with E-state index in [1.54, 1.807) is 6.07 Å². The molecule has 0 amide bonds. The second kappa shape index (κ2) is 6.75. The summed E-state index contributed by atoms with van der Waals surface area (Å²) in [7, 11) is 0. The average Bonchev–Trinajstić information content (AvgIpc) is 3.08. The zero-order valence-electron chi connectivity index (χ0n) is 14.9.